The van der Waals surface area contributed by atoms with Crippen molar-refractivity contribution in [2.45, 2.75) is 6.92 Å². The van der Waals surface area contributed by atoms with E-state index in [1.807, 2.05) is 11.8 Å². The first-order valence-electron chi connectivity index (χ1n) is 4.83. The Bertz CT molecular complexity index is 346. The lowest BCUT2D eigenvalue weighted by Crippen LogP contribution is -2.36. The van der Waals surface area contributed by atoms with Gasteiger partial charge >= 0.3 is 0 Å². The normalized spacial score (nSPS) is 10.1. The van der Waals surface area contributed by atoms with Gasteiger partial charge in [-0.1, -0.05) is 0 Å². The Kier molecular flexibility index (Phi) is 3.54. The van der Waals surface area contributed by atoms with Crippen LogP contribution in [0.25, 0.3) is 0 Å². The molecule has 0 spiro atoms. The lowest BCUT2D eigenvalue weighted by Gasteiger charge is -2.19. The van der Waals surface area contributed by atoms with Crippen molar-refractivity contribution in [3.63, 3.8) is 0 Å². The molecule has 3 N–H and O–H groups in total. The van der Waals surface area contributed by atoms with Gasteiger partial charge in [-0.25, -0.2) is 0 Å². The van der Waals surface area contributed by atoms with Gasteiger partial charge in [-0.15, -0.1) is 0 Å². The number of rotatable bonds is 4. The lowest BCUT2D eigenvalue weighted by molar-refractivity contribution is -0.119. The maximum Gasteiger partial charge on any atom is 0.239 e. The van der Waals surface area contributed by atoms with Crippen LogP contribution in [-0.2, 0) is 11.8 Å². The van der Waals surface area contributed by atoms with Gasteiger partial charge in [0.1, 0.15) is 0 Å². The monoisotopic (exact) mass is 211 g/mol. The molecule has 0 unspecified atom stereocenters. The molecule has 1 amide bonds. The Morgan fingerprint density at radius 2 is 2.40 bits per heavy atom. The van der Waals surface area contributed by atoms with Crippen molar-refractivity contribution in [2.75, 3.05) is 30.8 Å². The predicted octanol–water partition coefficient (Wildman–Crippen LogP) is -0.425. The van der Waals surface area contributed by atoms with Crippen molar-refractivity contribution in [3.05, 3.63) is 6.20 Å². The molecule has 0 aliphatic rings. The zero-order chi connectivity index (χ0) is 11.4. The van der Waals surface area contributed by atoms with Crippen LogP contribution in [0, 0.1) is 0 Å². The smallest absolute Gasteiger partial charge is 0.239 e. The Hall–Kier alpha value is -1.72. The molecule has 6 nitrogen and oxygen atoms in total. The molecule has 0 saturated heterocycles. The molecule has 1 rings (SSSR count). The number of hydrogen-bond acceptors (Lipinski definition) is 4. The molecule has 1 aromatic heterocycles. The lowest BCUT2D eigenvalue weighted by atomic mass is 10.4. The first-order chi connectivity index (χ1) is 7.08. The number of aromatic nitrogens is 2. The van der Waals surface area contributed by atoms with Gasteiger partial charge in [0.25, 0.3) is 0 Å². The zero-order valence-electron chi connectivity index (χ0n) is 9.32. The van der Waals surface area contributed by atoms with E-state index >= 15 is 0 Å². The molecule has 1 aromatic rings. The molecular weight excluding hydrogens is 194 g/mol. The molecule has 6 heteroatoms. The summed E-state index contributed by atoms with van der Waals surface area (Å²) in [5.74, 6) is 0.602. The van der Waals surface area contributed by atoms with E-state index in [0.717, 1.165) is 0 Å². The second-order valence-electron chi connectivity index (χ2n) is 3.27. The summed E-state index contributed by atoms with van der Waals surface area (Å²) >= 11 is 0. The highest BCUT2D eigenvalue weighted by molar-refractivity contribution is 5.81. The SMILES string of the molecule is CCN(CC(=O)NC)c1nn(C)cc1N. The molecule has 0 fully saturated rings. The summed E-state index contributed by atoms with van der Waals surface area (Å²) in [5.41, 5.74) is 6.36. The molecule has 0 aromatic carbocycles. The number of nitrogens with one attached hydrogen (secondary N) is 1. The van der Waals surface area contributed by atoms with Crippen LogP contribution in [0.4, 0.5) is 11.5 Å². The van der Waals surface area contributed by atoms with Crippen LogP contribution >= 0.6 is 0 Å². The van der Waals surface area contributed by atoms with E-state index in [-0.39, 0.29) is 12.5 Å². The summed E-state index contributed by atoms with van der Waals surface area (Å²) in [4.78, 5) is 13.1. The van der Waals surface area contributed by atoms with Gasteiger partial charge in [-0.2, -0.15) is 5.10 Å². The van der Waals surface area contributed by atoms with Crippen LogP contribution in [0.3, 0.4) is 0 Å². The van der Waals surface area contributed by atoms with Crippen molar-refractivity contribution >= 4 is 17.4 Å². The summed E-state index contributed by atoms with van der Waals surface area (Å²) in [5, 5.41) is 6.78. The number of nitrogens with zero attached hydrogens (tertiary/aromatic N) is 3. The van der Waals surface area contributed by atoms with Crippen molar-refractivity contribution in [2.24, 2.45) is 7.05 Å². The molecule has 15 heavy (non-hydrogen) atoms. The quantitative estimate of drug-likeness (QED) is 0.709. The average molecular weight is 211 g/mol. The maximum atomic E-state index is 11.2. The highest BCUT2D eigenvalue weighted by atomic mass is 16.1. The number of nitrogens with two attached hydrogens (primary N) is 1. The van der Waals surface area contributed by atoms with Crippen LogP contribution in [0.2, 0.25) is 0 Å². The molecule has 0 atom stereocenters. The number of likely N-dealkylation sites (N-methyl/N-ethyl adjacent to an activating group) is 2. The summed E-state index contributed by atoms with van der Waals surface area (Å²) < 4.78 is 1.64. The number of anilines is 2. The van der Waals surface area contributed by atoms with E-state index in [1.165, 1.54) is 0 Å². The summed E-state index contributed by atoms with van der Waals surface area (Å²) in [7, 11) is 3.41. The van der Waals surface area contributed by atoms with Gasteiger partial charge in [-0.3, -0.25) is 9.48 Å². The molecule has 0 aliphatic heterocycles. The Balaban J connectivity index is 2.82. The average Bonchev–Trinajstić information content (AvgIpc) is 2.54. The molecule has 0 bridgehead atoms. The Labute approximate surface area is 89.0 Å². The van der Waals surface area contributed by atoms with Crippen LogP contribution < -0.4 is 16.0 Å². The molecule has 1 heterocycles. The number of amides is 1. The van der Waals surface area contributed by atoms with Gasteiger partial charge in [-0.05, 0) is 6.92 Å². The predicted molar refractivity (Wildman–Crippen MR) is 59.6 cm³/mol. The van der Waals surface area contributed by atoms with Gasteiger partial charge in [0.05, 0.1) is 12.2 Å². The first-order valence-corrected chi connectivity index (χ1v) is 4.83. The van der Waals surface area contributed by atoms with Gasteiger partial charge in [0.15, 0.2) is 5.82 Å². The molecular formula is C9H17N5O. The summed E-state index contributed by atoms with van der Waals surface area (Å²) in [6.07, 6.45) is 1.72. The van der Waals surface area contributed by atoms with Crippen LogP contribution in [0.5, 0.6) is 0 Å². The fourth-order valence-corrected chi connectivity index (χ4v) is 1.33. The molecule has 0 saturated carbocycles. The second-order valence-corrected chi connectivity index (χ2v) is 3.27. The third-order valence-electron chi connectivity index (χ3n) is 2.13. The highest BCUT2D eigenvalue weighted by Gasteiger charge is 2.14. The summed E-state index contributed by atoms with van der Waals surface area (Å²) in [6, 6.07) is 0. The second kappa shape index (κ2) is 4.68. The number of carbonyl (C=O) groups excluding carboxylic acids is 1. The van der Waals surface area contributed by atoms with E-state index < -0.39 is 0 Å². The van der Waals surface area contributed by atoms with Crippen LogP contribution in [-0.4, -0.2) is 35.8 Å². The topological polar surface area (TPSA) is 76.2 Å². The van der Waals surface area contributed by atoms with Crippen LogP contribution in [0.15, 0.2) is 6.20 Å². The largest absolute Gasteiger partial charge is 0.394 e. The van der Waals surface area contributed by atoms with E-state index in [1.54, 1.807) is 25.0 Å². The van der Waals surface area contributed by atoms with Crippen molar-refractivity contribution in [1.82, 2.24) is 15.1 Å². The number of hydrogen-bond donors (Lipinski definition) is 2. The van der Waals surface area contributed by atoms with Gasteiger partial charge < -0.3 is 16.0 Å². The highest BCUT2D eigenvalue weighted by Crippen LogP contribution is 2.19. The number of aryl methyl sites for hydroxylation is 1. The minimum absolute atomic E-state index is 0.0538. The number of carbonyl (C=O) groups is 1. The van der Waals surface area contributed by atoms with Gasteiger partial charge in [0, 0.05) is 26.8 Å². The number of nitrogen functional groups attached to an aromatic ring is 1. The van der Waals surface area contributed by atoms with E-state index in [2.05, 4.69) is 10.4 Å². The minimum Gasteiger partial charge on any atom is -0.394 e. The Morgan fingerprint density at radius 1 is 1.73 bits per heavy atom. The van der Waals surface area contributed by atoms with E-state index in [4.69, 9.17) is 5.73 Å². The fourth-order valence-electron chi connectivity index (χ4n) is 1.33. The third-order valence-corrected chi connectivity index (χ3v) is 2.13. The van der Waals surface area contributed by atoms with Crippen molar-refractivity contribution in [3.8, 4) is 0 Å². The Morgan fingerprint density at radius 3 is 2.80 bits per heavy atom. The minimum atomic E-state index is -0.0538. The van der Waals surface area contributed by atoms with Gasteiger partial charge in [0.2, 0.25) is 5.91 Å². The summed E-state index contributed by atoms with van der Waals surface area (Å²) in [6.45, 7) is 2.92. The maximum absolute atomic E-state index is 11.2. The third kappa shape index (κ3) is 2.61. The molecule has 0 radical (unpaired) electrons. The van der Waals surface area contributed by atoms with Crippen molar-refractivity contribution < 1.29 is 4.79 Å². The zero-order valence-corrected chi connectivity index (χ0v) is 9.32. The standard InChI is InChI=1S/C9H17N5O/c1-4-14(6-8(15)11-2)9-7(10)5-13(3)12-9/h5H,4,6,10H2,1-3H3,(H,11,15). The van der Waals surface area contributed by atoms with E-state index in [9.17, 15) is 4.79 Å². The van der Waals surface area contributed by atoms with E-state index in [0.29, 0.717) is 18.1 Å². The van der Waals surface area contributed by atoms with Crippen molar-refractivity contribution in [1.29, 1.82) is 0 Å². The van der Waals surface area contributed by atoms with Crippen LogP contribution in [0.1, 0.15) is 6.92 Å². The fraction of sp³-hybridized carbons (Fsp3) is 0.556. The molecule has 84 valence electrons. The first kappa shape index (κ1) is 11.4. The molecule has 0 aliphatic carbocycles.